The Labute approximate surface area is 229 Å². The Kier molecular flexibility index (Phi) is 13.4. The van der Waals surface area contributed by atoms with E-state index < -0.39 is 52.8 Å². The number of benzene rings is 2. The number of carbonyl (C=O) groups is 2. The highest BCUT2D eigenvalue weighted by atomic mass is 31.2. The Hall–Kier alpha value is -3.61. The second kappa shape index (κ2) is 16.5. The van der Waals surface area contributed by atoms with Crippen molar-refractivity contribution in [1.82, 2.24) is 10.2 Å². The molecule has 1 heterocycles. The maximum absolute atomic E-state index is 14.8. The quantitative estimate of drug-likeness (QED) is 0.151. The largest absolute Gasteiger partial charge is 0.497 e. The van der Waals surface area contributed by atoms with Gasteiger partial charge in [-0.3, -0.25) is 14.2 Å². The number of carbonyl (C=O) groups excluding carboxylic acids is 2. The molecule has 10 nitrogen and oxygen atoms in total. The summed E-state index contributed by atoms with van der Waals surface area (Å²) in [5, 5.41) is 2.32. The van der Waals surface area contributed by atoms with Gasteiger partial charge in [0, 0.05) is 13.2 Å². The average Bonchev–Trinajstić information content (AvgIpc) is 3.26. The van der Waals surface area contributed by atoms with Crippen LogP contribution in [0.3, 0.4) is 0 Å². The highest BCUT2D eigenvalue weighted by Gasteiger charge is 2.53. The number of alkyl halides is 4. The first-order chi connectivity index (χ1) is 19.2. The fraction of sp³-hybridized carbons (Fsp3) is 0.360. The van der Waals surface area contributed by atoms with Crippen LogP contribution in [0.25, 0.3) is 0 Å². The number of amides is 2. The molecular formula is C25H29F4N2O8P. The van der Waals surface area contributed by atoms with E-state index in [-0.39, 0.29) is 0 Å². The number of nitrogens with one attached hydrogen (secondary N) is 1. The number of methoxy groups -OCH3 is 2. The van der Waals surface area contributed by atoms with E-state index in [1.165, 1.54) is 21.3 Å². The summed E-state index contributed by atoms with van der Waals surface area (Å²) in [6.45, 7) is -2.35. The summed E-state index contributed by atoms with van der Waals surface area (Å²) >= 11 is 0. The molecule has 0 radical (unpaired) electrons. The highest BCUT2D eigenvalue weighted by Crippen LogP contribution is 2.45. The number of allylic oxidation sites excluding steroid dienone is 1. The van der Waals surface area contributed by atoms with Crippen molar-refractivity contribution in [3.63, 3.8) is 0 Å². The molecular weight excluding hydrogens is 563 g/mol. The maximum Gasteiger partial charge on any atom is 0.463 e. The zero-order valence-corrected chi connectivity index (χ0v) is 22.7. The Morgan fingerprint density at radius 1 is 1.02 bits per heavy atom. The average molecular weight is 592 g/mol. The second-order valence-electron chi connectivity index (χ2n) is 7.64. The lowest BCUT2D eigenvalue weighted by Gasteiger charge is -2.24. The van der Waals surface area contributed by atoms with Crippen molar-refractivity contribution in [1.29, 1.82) is 0 Å². The predicted octanol–water partition coefficient (Wildman–Crippen LogP) is 5.39. The zero-order valence-electron chi connectivity index (χ0n) is 21.8. The van der Waals surface area contributed by atoms with Crippen LogP contribution in [0.4, 0.5) is 22.4 Å². The number of urea groups is 1. The molecule has 1 fully saturated rings. The van der Waals surface area contributed by atoms with Gasteiger partial charge < -0.3 is 28.6 Å². The molecule has 0 aromatic heterocycles. The smallest absolute Gasteiger partial charge is 0.463 e. The van der Waals surface area contributed by atoms with Gasteiger partial charge in [0.2, 0.25) is 6.93 Å². The summed E-state index contributed by atoms with van der Waals surface area (Å²) in [7, 11) is 2.17. The van der Waals surface area contributed by atoms with Crippen molar-refractivity contribution in [2.45, 2.75) is 24.7 Å². The number of halogens is 4. The minimum absolute atomic E-state index is 0.363. The van der Waals surface area contributed by atoms with Crippen LogP contribution in [-0.2, 0) is 14.1 Å². The van der Waals surface area contributed by atoms with Crippen LogP contribution >= 0.6 is 8.60 Å². The van der Waals surface area contributed by atoms with Gasteiger partial charge in [-0.1, -0.05) is 0 Å². The van der Waals surface area contributed by atoms with E-state index in [2.05, 4.69) is 5.32 Å². The number of hydrogen-bond acceptors (Lipinski definition) is 8. The molecule has 0 aliphatic carbocycles. The van der Waals surface area contributed by atoms with Gasteiger partial charge >= 0.3 is 14.6 Å². The summed E-state index contributed by atoms with van der Waals surface area (Å²) < 4.78 is 81.8. The lowest BCUT2D eigenvalue weighted by molar-refractivity contribution is -0.104. The molecule has 40 heavy (non-hydrogen) atoms. The third-order valence-electron chi connectivity index (χ3n) is 5.13. The van der Waals surface area contributed by atoms with Crippen molar-refractivity contribution in [3.8, 4) is 23.0 Å². The van der Waals surface area contributed by atoms with Crippen molar-refractivity contribution < 1.29 is 54.9 Å². The topological polar surface area (TPSA) is 105 Å². The van der Waals surface area contributed by atoms with Gasteiger partial charge in [-0.2, -0.15) is 0 Å². The van der Waals surface area contributed by atoms with E-state index >= 15 is 0 Å². The lowest BCUT2D eigenvalue weighted by Crippen LogP contribution is -2.41. The van der Waals surface area contributed by atoms with Gasteiger partial charge in [0.15, 0.2) is 0 Å². The minimum atomic E-state index is -3.34. The molecule has 2 amide bonds. The molecule has 1 saturated heterocycles. The van der Waals surface area contributed by atoms with Gasteiger partial charge in [-0.15, -0.1) is 0 Å². The van der Waals surface area contributed by atoms with Gasteiger partial charge in [0.25, 0.3) is 5.92 Å². The molecule has 2 aromatic carbocycles. The lowest BCUT2D eigenvalue weighted by atomic mass is 10.1. The molecule has 3 rings (SSSR count). The number of ether oxygens (including phenoxy) is 3. The highest BCUT2D eigenvalue weighted by molar-refractivity contribution is 7.42. The number of nitrogens with zero attached hydrogens (tertiary/aromatic N) is 1. The van der Waals surface area contributed by atoms with Crippen molar-refractivity contribution in [3.05, 3.63) is 60.8 Å². The Balaban J connectivity index is 0.00000178. The van der Waals surface area contributed by atoms with Crippen molar-refractivity contribution in [2.75, 3.05) is 34.8 Å². The first kappa shape index (κ1) is 32.6. The molecule has 1 aliphatic rings. The first-order valence-electron chi connectivity index (χ1n) is 11.6. The van der Waals surface area contributed by atoms with E-state index in [1.54, 1.807) is 48.5 Å². The standard InChI is InChI=1S/C24H27F2N2O8P.CH2F2/c1-27-23(30)28(13-4-14-29)22-15-24(25,26)21(34-22)16-33-37(35-19-9-5-17(31-2)6-10-19)36-20-11-7-18(32-3)8-12-20;2-1-3/h4-14,21-22H,15-16H2,1-3H3,(H,27,30);1H2/b13-4-;. The minimum Gasteiger partial charge on any atom is -0.497 e. The zero-order chi connectivity index (χ0) is 29.5. The molecule has 0 spiro atoms. The second-order valence-corrected chi connectivity index (χ2v) is 8.71. The number of hydrogen-bond donors (Lipinski definition) is 1. The molecule has 2 unspecified atom stereocenters. The maximum atomic E-state index is 14.8. The van der Waals surface area contributed by atoms with E-state index in [4.69, 9.17) is 27.8 Å². The Bertz CT molecular complexity index is 1030. The molecule has 15 heteroatoms. The fourth-order valence-electron chi connectivity index (χ4n) is 3.22. The van der Waals surface area contributed by atoms with Gasteiger partial charge in [0.1, 0.15) is 41.6 Å². The van der Waals surface area contributed by atoms with Crippen LogP contribution in [0.15, 0.2) is 60.8 Å². The van der Waals surface area contributed by atoms with Gasteiger partial charge in [-0.25, -0.2) is 22.4 Å². The molecule has 0 saturated carbocycles. The normalized spacial score (nSPS) is 17.5. The van der Waals surface area contributed by atoms with E-state index in [1.807, 2.05) is 0 Å². The third kappa shape index (κ3) is 9.85. The van der Waals surface area contributed by atoms with E-state index in [0.717, 1.165) is 17.2 Å². The summed E-state index contributed by atoms with van der Waals surface area (Å²) in [4.78, 5) is 23.7. The summed E-state index contributed by atoms with van der Waals surface area (Å²) in [6, 6.07) is 12.4. The van der Waals surface area contributed by atoms with Gasteiger partial charge in [0.05, 0.1) is 27.2 Å². The summed E-state index contributed by atoms with van der Waals surface area (Å²) in [5.41, 5.74) is 0. The summed E-state index contributed by atoms with van der Waals surface area (Å²) in [6.07, 6.45) is -1.33. The van der Waals surface area contributed by atoms with E-state index in [9.17, 15) is 27.2 Å². The fourth-order valence-corrected chi connectivity index (χ4v) is 4.21. The van der Waals surface area contributed by atoms with Crippen molar-refractivity contribution >= 4 is 20.9 Å². The predicted molar refractivity (Wildman–Crippen MR) is 137 cm³/mol. The van der Waals surface area contributed by atoms with Crippen LogP contribution in [0.1, 0.15) is 6.42 Å². The van der Waals surface area contributed by atoms with Crippen LogP contribution in [0.5, 0.6) is 23.0 Å². The number of rotatable bonds is 12. The van der Waals surface area contributed by atoms with Crippen LogP contribution < -0.4 is 23.8 Å². The van der Waals surface area contributed by atoms with E-state index in [0.29, 0.717) is 29.3 Å². The van der Waals surface area contributed by atoms with Gasteiger partial charge in [-0.05, 0) is 54.6 Å². The third-order valence-corrected chi connectivity index (χ3v) is 6.21. The molecule has 2 aromatic rings. The monoisotopic (exact) mass is 592 g/mol. The number of aldehydes is 1. The van der Waals surface area contributed by atoms with Crippen LogP contribution in [-0.4, -0.2) is 70.3 Å². The van der Waals surface area contributed by atoms with Crippen LogP contribution in [0, 0.1) is 0 Å². The van der Waals surface area contributed by atoms with Crippen molar-refractivity contribution in [2.24, 2.45) is 0 Å². The Morgan fingerprint density at radius 3 is 1.93 bits per heavy atom. The summed E-state index contributed by atoms with van der Waals surface area (Å²) in [5.74, 6) is -1.41. The molecule has 220 valence electrons. The Morgan fingerprint density at radius 2 is 1.50 bits per heavy atom. The first-order valence-corrected chi connectivity index (χ1v) is 12.6. The van der Waals surface area contributed by atoms with Crippen LogP contribution in [0.2, 0.25) is 0 Å². The molecule has 1 N–H and O–H groups in total. The SMILES string of the molecule is CNC(=O)N(/C=C\C=O)C1CC(F)(F)C(COP(Oc2ccc(OC)cc2)Oc2ccc(OC)cc2)O1.FCF. The molecule has 1 aliphatic heterocycles. The molecule has 0 bridgehead atoms. The molecule has 2 atom stereocenters.